The molecule has 1 aliphatic heterocycles. The summed E-state index contributed by atoms with van der Waals surface area (Å²) in [6.45, 7) is 8.41. The van der Waals surface area contributed by atoms with E-state index in [1.165, 1.54) is 10.5 Å². The number of benzene rings is 3. The molecule has 146 valence electrons. The molecule has 3 aromatic carbocycles. The predicted octanol–water partition coefficient (Wildman–Crippen LogP) is 5.89. The van der Waals surface area contributed by atoms with Crippen LogP contribution in [-0.2, 0) is 5.41 Å². The van der Waals surface area contributed by atoms with Gasteiger partial charge in [-0.1, -0.05) is 44.5 Å². The maximum atomic E-state index is 12.7. The van der Waals surface area contributed by atoms with E-state index in [1.807, 2.05) is 25.1 Å². The molecule has 0 aromatic heterocycles. The van der Waals surface area contributed by atoms with Crippen molar-refractivity contribution in [1.82, 2.24) is 0 Å². The van der Waals surface area contributed by atoms with Gasteiger partial charge in [0.2, 0.25) is 0 Å². The van der Waals surface area contributed by atoms with E-state index in [0.717, 1.165) is 11.3 Å². The molecule has 0 aliphatic carbocycles. The minimum absolute atomic E-state index is 0.0884. The summed E-state index contributed by atoms with van der Waals surface area (Å²) < 4.78 is 5.91. The first-order chi connectivity index (χ1) is 13.7. The fraction of sp³-hybridized carbons (Fsp3) is 0.200. The summed E-state index contributed by atoms with van der Waals surface area (Å²) in [5.74, 6) is 0.795. The second kappa shape index (κ2) is 6.89. The van der Waals surface area contributed by atoms with Gasteiger partial charge in [0.05, 0.1) is 16.8 Å². The molecule has 0 saturated carbocycles. The van der Waals surface area contributed by atoms with E-state index in [1.54, 1.807) is 36.4 Å². The number of fused-ring (bicyclic) bond motifs is 1. The molecule has 0 N–H and O–H groups in total. The molecule has 4 rings (SSSR count). The number of rotatable bonds is 3. The van der Waals surface area contributed by atoms with E-state index in [0.29, 0.717) is 22.6 Å². The summed E-state index contributed by atoms with van der Waals surface area (Å²) in [7, 11) is 0. The maximum absolute atomic E-state index is 12.7. The Morgan fingerprint density at radius 1 is 0.724 bits per heavy atom. The largest absolute Gasteiger partial charge is 0.457 e. The van der Waals surface area contributed by atoms with Crippen molar-refractivity contribution in [3.63, 3.8) is 0 Å². The van der Waals surface area contributed by atoms with Crippen LogP contribution in [-0.4, -0.2) is 11.8 Å². The zero-order valence-electron chi connectivity index (χ0n) is 17.0. The molecule has 4 heteroatoms. The van der Waals surface area contributed by atoms with Crippen molar-refractivity contribution in [2.45, 2.75) is 33.1 Å². The van der Waals surface area contributed by atoms with Crippen LogP contribution in [0.2, 0.25) is 0 Å². The quantitative estimate of drug-likeness (QED) is 0.529. The van der Waals surface area contributed by atoms with Crippen LogP contribution in [0.5, 0.6) is 11.5 Å². The molecule has 0 fully saturated rings. The Morgan fingerprint density at radius 2 is 1.28 bits per heavy atom. The van der Waals surface area contributed by atoms with Gasteiger partial charge in [0, 0.05) is 0 Å². The van der Waals surface area contributed by atoms with Crippen LogP contribution in [0.1, 0.15) is 52.6 Å². The summed E-state index contributed by atoms with van der Waals surface area (Å²) in [5.41, 5.74) is 3.71. The highest BCUT2D eigenvalue weighted by atomic mass is 16.5. The minimum atomic E-state index is -0.295. The highest BCUT2D eigenvalue weighted by Crippen LogP contribution is 2.32. The second-order valence-electron chi connectivity index (χ2n) is 8.37. The van der Waals surface area contributed by atoms with E-state index in [2.05, 4.69) is 32.9 Å². The standard InChI is InChI=1S/C25H23NO3/c1-16-5-14-21-22(15-16)24(28)26(23(21)27)18-8-12-20(13-9-18)29-19-10-6-17(7-11-19)25(2,3)4/h5-15H,1-4H3. The summed E-state index contributed by atoms with van der Waals surface area (Å²) in [6.07, 6.45) is 0. The van der Waals surface area contributed by atoms with Gasteiger partial charge in [-0.05, 0) is 66.4 Å². The SMILES string of the molecule is Cc1ccc2c(c1)C(=O)N(c1ccc(Oc3ccc(C(C)(C)C)cc3)cc1)C2=O. The molecular weight excluding hydrogens is 362 g/mol. The van der Waals surface area contributed by atoms with Gasteiger partial charge in [-0.2, -0.15) is 0 Å². The van der Waals surface area contributed by atoms with E-state index in [-0.39, 0.29) is 17.2 Å². The van der Waals surface area contributed by atoms with Crippen LogP contribution < -0.4 is 9.64 Å². The summed E-state index contributed by atoms with van der Waals surface area (Å²) in [6, 6.07) is 20.3. The molecule has 2 amide bonds. The van der Waals surface area contributed by atoms with Crippen molar-refractivity contribution < 1.29 is 14.3 Å². The first-order valence-corrected chi connectivity index (χ1v) is 9.62. The molecule has 0 bridgehead atoms. The molecule has 0 radical (unpaired) electrons. The highest BCUT2D eigenvalue weighted by Gasteiger charge is 2.36. The van der Waals surface area contributed by atoms with Crippen molar-refractivity contribution in [2.75, 3.05) is 4.90 Å². The van der Waals surface area contributed by atoms with Gasteiger partial charge in [-0.3, -0.25) is 9.59 Å². The average molecular weight is 385 g/mol. The van der Waals surface area contributed by atoms with Crippen molar-refractivity contribution in [2.24, 2.45) is 0 Å². The number of amides is 2. The lowest BCUT2D eigenvalue weighted by atomic mass is 9.87. The molecule has 3 aromatic rings. The maximum Gasteiger partial charge on any atom is 0.266 e. The van der Waals surface area contributed by atoms with Gasteiger partial charge in [0.25, 0.3) is 11.8 Å². The molecule has 1 aliphatic rings. The number of imide groups is 1. The molecular formula is C25H23NO3. The third kappa shape index (κ3) is 3.54. The van der Waals surface area contributed by atoms with Gasteiger partial charge < -0.3 is 4.74 Å². The molecule has 0 unspecified atom stereocenters. The van der Waals surface area contributed by atoms with Gasteiger partial charge in [0.1, 0.15) is 11.5 Å². The number of carbonyl (C=O) groups excluding carboxylic acids is 2. The molecule has 29 heavy (non-hydrogen) atoms. The van der Waals surface area contributed by atoms with E-state index < -0.39 is 0 Å². The Labute approximate surface area is 170 Å². The van der Waals surface area contributed by atoms with Gasteiger partial charge in [-0.15, -0.1) is 0 Å². The van der Waals surface area contributed by atoms with Crippen LogP contribution in [0.4, 0.5) is 5.69 Å². The third-order valence-electron chi connectivity index (χ3n) is 5.09. The van der Waals surface area contributed by atoms with Crippen LogP contribution in [0.3, 0.4) is 0 Å². The monoisotopic (exact) mass is 385 g/mol. The lowest BCUT2D eigenvalue weighted by molar-refractivity contribution is 0.0926. The Bertz CT molecular complexity index is 1090. The zero-order valence-corrected chi connectivity index (χ0v) is 17.0. The topological polar surface area (TPSA) is 46.6 Å². The lowest BCUT2D eigenvalue weighted by Crippen LogP contribution is -2.29. The van der Waals surface area contributed by atoms with Crippen molar-refractivity contribution in [3.05, 3.63) is 89.0 Å². The van der Waals surface area contributed by atoms with Gasteiger partial charge in [-0.25, -0.2) is 4.90 Å². The Balaban J connectivity index is 1.53. The number of aryl methyl sites for hydroxylation is 1. The first-order valence-electron chi connectivity index (χ1n) is 9.62. The number of carbonyl (C=O) groups is 2. The number of hydrogen-bond acceptors (Lipinski definition) is 3. The zero-order chi connectivity index (χ0) is 20.8. The van der Waals surface area contributed by atoms with Crippen LogP contribution in [0, 0.1) is 6.92 Å². The van der Waals surface area contributed by atoms with Crippen molar-refractivity contribution >= 4 is 17.5 Å². The normalized spacial score (nSPS) is 13.6. The van der Waals surface area contributed by atoms with Crippen LogP contribution >= 0.6 is 0 Å². The number of ether oxygens (including phenoxy) is 1. The lowest BCUT2D eigenvalue weighted by Gasteiger charge is -2.19. The molecule has 4 nitrogen and oxygen atoms in total. The van der Waals surface area contributed by atoms with Crippen molar-refractivity contribution in [1.29, 1.82) is 0 Å². The fourth-order valence-electron chi connectivity index (χ4n) is 3.41. The van der Waals surface area contributed by atoms with E-state index in [4.69, 9.17) is 4.74 Å². The van der Waals surface area contributed by atoms with Gasteiger partial charge >= 0.3 is 0 Å². The van der Waals surface area contributed by atoms with E-state index in [9.17, 15) is 9.59 Å². The van der Waals surface area contributed by atoms with Gasteiger partial charge in [0.15, 0.2) is 0 Å². The Kier molecular flexibility index (Phi) is 4.50. The third-order valence-corrected chi connectivity index (χ3v) is 5.09. The van der Waals surface area contributed by atoms with Crippen LogP contribution in [0.15, 0.2) is 66.7 Å². The second-order valence-corrected chi connectivity index (χ2v) is 8.37. The van der Waals surface area contributed by atoms with E-state index >= 15 is 0 Å². The minimum Gasteiger partial charge on any atom is -0.457 e. The molecule has 0 saturated heterocycles. The highest BCUT2D eigenvalue weighted by molar-refractivity contribution is 6.34. The fourth-order valence-corrected chi connectivity index (χ4v) is 3.41. The number of nitrogens with zero attached hydrogens (tertiary/aromatic N) is 1. The Morgan fingerprint density at radius 3 is 1.86 bits per heavy atom. The number of hydrogen-bond donors (Lipinski definition) is 0. The Hall–Kier alpha value is -3.40. The average Bonchev–Trinajstić information content (AvgIpc) is 2.92. The van der Waals surface area contributed by atoms with Crippen LogP contribution in [0.25, 0.3) is 0 Å². The smallest absolute Gasteiger partial charge is 0.266 e. The molecule has 0 spiro atoms. The molecule has 1 heterocycles. The summed E-state index contributed by atoms with van der Waals surface area (Å²) in [4.78, 5) is 26.6. The first kappa shape index (κ1) is 18.9. The molecule has 0 atom stereocenters. The predicted molar refractivity (Wildman–Crippen MR) is 114 cm³/mol. The summed E-state index contributed by atoms with van der Waals surface area (Å²) in [5, 5.41) is 0. The summed E-state index contributed by atoms with van der Waals surface area (Å²) >= 11 is 0. The number of anilines is 1. The van der Waals surface area contributed by atoms with Crippen molar-refractivity contribution in [3.8, 4) is 11.5 Å².